The molecule has 2 nitrogen and oxygen atoms in total. The first-order valence-electron chi connectivity index (χ1n) is 5.64. The summed E-state index contributed by atoms with van der Waals surface area (Å²) in [6.45, 7) is 2.09. The summed E-state index contributed by atoms with van der Waals surface area (Å²) in [5.41, 5.74) is 1.06. The van der Waals surface area contributed by atoms with E-state index in [0.29, 0.717) is 17.3 Å². The molecule has 1 aromatic rings. The third-order valence-corrected chi connectivity index (χ3v) is 2.82. The predicted octanol–water partition coefficient (Wildman–Crippen LogP) is 3.30. The Kier molecular flexibility index (Phi) is 3.09. The van der Waals surface area contributed by atoms with Crippen LogP contribution < -0.4 is 5.32 Å². The first kappa shape index (κ1) is 10.9. The molecule has 0 saturated heterocycles. The average molecular weight is 218 g/mol. The fraction of sp³-hybridized carbons (Fsp3) is 0.462. The van der Waals surface area contributed by atoms with Crippen molar-refractivity contribution in [1.82, 2.24) is 0 Å². The van der Waals surface area contributed by atoms with Crippen LogP contribution in [0.5, 0.6) is 0 Å². The molecular weight excluding hydrogens is 203 g/mol. The number of nitrogens with one attached hydrogen (secondary N) is 1. The van der Waals surface area contributed by atoms with Gasteiger partial charge in [-0.3, -0.25) is 0 Å². The van der Waals surface area contributed by atoms with Gasteiger partial charge >= 0.3 is 0 Å². The fourth-order valence-electron chi connectivity index (χ4n) is 1.93. The van der Waals surface area contributed by atoms with E-state index in [1.54, 1.807) is 6.07 Å². The zero-order valence-corrected chi connectivity index (χ0v) is 9.33. The van der Waals surface area contributed by atoms with E-state index >= 15 is 0 Å². The molecule has 16 heavy (non-hydrogen) atoms. The van der Waals surface area contributed by atoms with Crippen LogP contribution in [0.15, 0.2) is 18.2 Å². The second kappa shape index (κ2) is 4.52. The quantitative estimate of drug-likeness (QED) is 0.841. The summed E-state index contributed by atoms with van der Waals surface area (Å²) in [7, 11) is 0. The van der Waals surface area contributed by atoms with Gasteiger partial charge in [-0.25, -0.2) is 4.39 Å². The van der Waals surface area contributed by atoms with Gasteiger partial charge in [-0.05, 0) is 37.5 Å². The Balaban J connectivity index is 2.02. The second-order valence-electron chi connectivity index (χ2n) is 4.56. The lowest BCUT2D eigenvalue weighted by atomic mass is 10.1. The van der Waals surface area contributed by atoms with Gasteiger partial charge in [0.1, 0.15) is 5.82 Å². The molecule has 1 aromatic carbocycles. The molecule has 0 radical (unpaired) electrons. The normalized spacial score (nSPS) is 16.6. The fourth-order valence-corrected chi connectivity index (χ4v) is 1.93. The highest BCUT2D eigenvalue weighted by molar-refractivity contribution is 5.50. The molecule has 1 aliphatic carbocycles. The van der Waals surface area contributed by atoms with Gasteiger partial charge in [0.2, 0.25) is 0 Å². The maximum Gasteiger partial charge on any atom is 0.126 e. The maximum atomic E-state index is 13.1. The monoisotopic (exact) mass is 218 g/mol. The van der Waals surface area contributed by atoms with Crippen LogP contribution in [-0.4, -0.2) is 6.04 Å². The van der Waals surface area contributed by atoms with Crippen molar-refractivity contribution in [2.24, 2.45) is 5.92 Å². The van der Waals surface area contributed by atoms with Crippen LogP contribution in [0, 0.1) is 23.1 Å². The van der Waals surface area contributed by atoms with Crippen LogP contribution in [0.3, 0.4) is 0 Å². The summed E-state index contributed by atoms with van der Waals surface area (Å²) in [5.74, 6) is 0.478. The Bertz CT molecular complexity index is 418. The zero-order valence-electron chi connectivity index (χ0n) is 9.33. The van der Waals surface area contributed by atoms with Gasteiger partial charge in [0.05, 0.1) is 11.6 Å². The molecule has 2 rings (SSSR count). The highest BCUT2D eigenvalue weighted by atomic mass is 19.1. The highest BCUT2D eigenvalue weighted by Crippen LogP contribution is 2.34. The summed E-state index contributed by atoms with van der Waals surface area (Å²) in [6, 6.07) is 6.66. The van der Waals surface area contributed by atoms with Gasteiger partial charge < -0.3 is 5.32 Å². The van der Waals surface area contributed by atoms with Crippen LogP contribution in [0.2, 0.25) is 0 Å². The molecule has 1 N–H and O–H groups in total. The van der Waals surface area contributed by atoms with Crippen molar-refractivity contribution in [1.29, 1.82) is 5.26 Å². The van der Waals surface area contributed by atoms with Crippen molar-refractivity contribution in [3.8, 4) is 6.07 Å². The maximum absolute atomic E-state index is 13.1. The highest BCUT2D eigenvalue weighted by Gasteiger charge is 2.23. The Labute approximate surface area is 95.1 Å². The summed E-state index contributed by atoms with van der Waals surface area (Å²) in [4.78, 5) is 0. The molecule has 0 aliphatic heterocycles. The minimum atomic E-state index is -0.361. The van der Waals surface area contributed by atoms with Crippen molar-refractivity contribution in [2.75, 3.05) is 5.32 Å². The third-order valence-electron chi connectivity index (χ3n) is 2.82. The standard InChI is InChI=1S/C13H15FN2/c1-9(4-10-2-3-10)16-13-6-11(8-15)5-12(14)7-13/h5-7,9-10,16H,2-4H2,1H3. The molecule has 1 unspecified atom stereocenters. The van der Waals surface area contributed by atoms with E-state index < -0.39 is 0 Å². The molecular formula is C13H15FN2. The molecule has 0 bridgehead atoms. The zero-order chi connectivity index (χ0) is 11.5. The first-order valence-corrected chi connectivity index (χ1v) is 5.64. The van der Waals surface area contributed by atoms with E-state index in [0.717, 1.165) is 12.3 Å². The third kappa shape index (κ3) is 2.96. The summed E-state index contributed by atoms with van der Waals surface area (Å²) in [5, 5.41) is 12.0. The van der Waals surface area contributed by atoms with E-state index in [9.17, 15) is 4.39 Å². The van der Waals surface area contributed by atoms with Crippen molar-refractivity contribution in [3.05, 3.63) is 29.6 Å². The molecule has 3 heteroatoms. The molecule has 1 saturated carbocycles. The smallest absolute Gasteiger partial charge is 0.126 e. The van der Waals surface area contributed by atoms with Gasteiger partial charge in [0.15, 0.2) is 0 Å². The van der Waals surface area contributed by atoms with Crippen LogP contribution in [0.4, 0.5) is 10.1 Å². The average Bonchev–Trinajstić information content (AvgIpc) is 3.00. The lowest BCUT2D eigenvalue weighted by Gasteiger charge is -2.14. The van der Waals surface area contributed by atoms with Gasteiger partial charge in [0.25, 0.3) is 0 Å². The minimum absolute atomic E-state index is 0.334. The van der Waals surface area contributed by atoms with Crippen molar-refractivity contribution in [3.63, 3.8) is 0 Å². The molecule has 84 valence electrons. The van der Waals surface area contributed by atoms with Gasteiger partial charge in [-0.15, -0.1) is 0 Å². The topological polar surface area (TPSA) is 35.8 Å². The molecule has 0 spiro atoms. The molecule has 1 aliphatic rings. The van der Waals surface area contributed by atoms with E-state index in [1.807, 2.05) is 6.07 Å². The van der Waals surface area contributed by atoms with Crippen LogP contribution in [0.1, 0.15) is 31.7 Å². The molecule has 0 aromatic heterocycles. The Hall–Kier alpha value is -1.56. The van der Waals surface area contributed by atoms with Gasteiger partial charge in [-0.1, -0.05) is 12.8 Å². The number of anilines is 1. The number of halogens is 1. The van der Waals surface area contributed by atoms with Crippen molar-refractivity contribution >= 4 is 5.69 Å². The van der Waals surface area contributed by atoms with Crippen LogP contribution in [-0.2, 0) is 0 Å². The first-order chi connectivity index (χ1) is 7.67. The predicted molar refractivity (Wildman–Crippen MR) is 61.5 cm³/mol. The number of nitriles is 1. The van der Waals surface area contributed by atoms with E-state index in [-0.39, 0.29) is 5.82 Å². The number of nitrogens with zero attached hydrogens (tertiary/aromatic N) is 1. The van der Waals surface area contributed by atoms with Crippen LogP contribution >= 0.6 is 0 Å². The molecule has 1 fully saturated rings. The van der Waals surface area contributed by atoms with Gasteiger partial charge in [-0.2, -0.15) is 5.26 Å². The Morgan fingerprint density at radius 2 is 2.25 bits per heavy atom. The van der Waals surface area contributed by atoms with E-state index in [2.05, 4.69) is 12.2 Å². The second-order valence-corrected chi connectivity index (χ2v) is 4.56. The van der Waals surface area contributed by atoms with E-state index in [4.69, 9.17) is 5.26 Å². The summed E-state index contributed by atoms with van der Waals surface area (Å²) >= 11 is 0. The lowest BCUT2D eigenvalue weighted by Crippen LogP contribution is -2.15. The number of rotatable bonds is 4. The molecule has 0 amide bonds. The minimum Gasteiger partial charge on any atom is -0.382 e. The number of benzene rings is 1. The summed E-state index contributed by atoms with van der Waals surface area (Å²) < 4.78 is 13.1. The molecule has 1 atom stereocenters. The Morgan fingerprint density at radius 3 is 2.88 bits per heavy atom. The number of hydrogen-bond donors (Lipinski definition) is 1. The summed E-state index contributed by atoms with van der Waals surface area (Å²) in [6.07, 6.45) is 3.76. The lowest BCUT2D eigenvalue weighted by molar-refractivity contribution is 0.623. The van der Waals surface area contributed by atoms with Crippen molar-refractivity contribution in [2.45, 2.75) is 32.2 Å². The largest absolute Gasteiger partial charge is 0.382 e. The van der Waals surface area contributed by atoms with Crippen LogP contribution in [0.25, 0.3) is 0 Å². The van der Waals surface area contributed by atoms with Crippen molar-refractivity contribution < 1.29 is 4.39 Å². The Morgan fingerprint density at radius 1 is 1.50 bits per heavy atom. The SMILES string of the molecule is CC(CC1CC1)Nc1cc(F)cc(C#N)c1. The van der Waals surface area contributed by atoms with E-state index in [1.165, 1.54) is 25.0 Å². The molecule has 0 heterocycles. The van der Waals surface area contributed by atoms with Gasteiger partial charge in [0, 0.05) is 11.7 Å². The number of hydrogen-bond acceptors (Lipinski definition) is 2.